The summed E-state index contributed by atoms with van der Waals surface area (Å²) in [7, 11) is 0. The maximum Gasteiger partial charge on any atom is 0.307 e. The van der Waals surface area contributed by atoms with Crippen LogP contribution in [0, 0.1) is 6.92 Å². The van der Waals surface area contributed by atoms with E-state index in [1.165, 1.54) is 6.92 Å². The Balaban J connectivity index is 1.82. The Kier molecular flexibility index (Phi) is 8.21. The van der Waals surface area contributed by atoms with Crippen LogP contribution in [0.15, 0.2) is 42.5 Å². The number of hydrogen-bond acceptors (Lipinski definition) is 5. The van der Waals surface area contributed by atoms with Crippen molar-refractivity contribution in [3.8, 4) is 5.75 Å². The molecular weight excluding hydrogens is 394 g/mol. The van der Waals surface area contributed by atoms with Gasteiger partial charge in [-0.25, -0.2) is 0 Å². The molecule has 1 unspecified atom stereocenters. The molecule has 0 aliphatic rings. The molecule has 0 bridgehead atoms. The van der Waals surface area contributed by atoms with Gasteiger partial charge in [0, 0.05) is 22.7 Å². The Bertz CT molecular complexity index is 879. The molecule has 0 aliphatic heterocycles. The number of carbonyl (C=O) groups is 3. The summed E-state index contributed by atoms with van der Waals surface area (Å²) in [6.45, 7) is 5.72. The molecule has 0 heterocycles. The van der Waals surface area contributed by atoms with Crippen LogP contribution in [0.25, 0.3) is 0 Å². The molecule has 0 saturated carbocycles. The van der Waals surface area contributed by atoms with E-state index in [0.29, 0.717) is 28.6 Å². The molecule has 0 radical (unpaired) electrons. The van der Waals surface area contributed by atoms with Crippen molar-refractivity contribution in [3.63, 3.8) is 0 Å². The fourth-order valence-corrected chi connectivity index (χ4v) is 2.71. The second-order valence-electron chi connectivity index (χ2n) is 6.46. The number of halogens is 1. The van der Waals surface area contributed by atoms with E-state index in [9.17, 15) is 14.4 Å². The SMILES string of the molecule is CCOc1ccc(C(=O)CCC(=O)OC(C)C(=O)Nc2cc(Cl)ccc2C)cc1. The highest BCUT2D eigenvalue weighted by Gasteiger charge is 2.19. The number of nitrogens with one attached hydrogen (secondary N) is 1. The highest BCUT2D eigenvalue weighted by atomic mass is 35.5. The van der Waals surface area contributed by atoms with Crippen molar-refractivity contribution in [1.29, 1.82) is 0 Å². The molecule has 1 amide bonds. The Morgan fingerprint density at radius 1 is 1.07 bits per heavy atom. The van der Waals surface area contributed by atoms with Crippen molar-refractivity contribution >= 4 is 34.9 Å². The predicted molar refractivity (Wildman–Crippen MR) is 112 cm³/mol. The maximum absolute atomic E-state index is 12.2. The quantitative estimate of drug-likeness (QED) is 0.477. The van der Waals surface area contributed by atoms with Crippen molar-refractivity contribution in [3.05, 3.63) is 58.6 Å². The molecule has 2 aromatic rings. The summed E-state index contributed by atoms with van der Waals surface area (Å²) >= 11 is 5.93. The third-order valence-electron chi connectivity index (χ3n) is 4.18. The molecule has 154 valence electrons. The first-order chi connectivity index (χ1) is 13.8. The van der Waals surface area contributed by atoms with Gasteiger partial charge in [0.15, 0.2) is 11.9 Å². The van der Waals surface area contributed by atoms with Gasteiger partial charge in [-0.2, -0.15) is 0 Å². The summed E-state index contributed by atoms with van der Waals surface area (Å²) in [4.78, 5) is 36.5. The van der Waals surface area contributed by atoms with Crippen molar-refractivity contribution in [2.75, 3.05) is 11.9 Å². The highest BCUT2D eigenvalue weighted by Crippen LogP contribution is 2.20. The van der Waals surface area contributed by atoms with E-state index in [1.54, 1.807) is 42.5 Å². The number of ether oxygens (including phenoxy) is 2. The molecule has 0 spiro atoms. The van der Waals surface area contributed by atoms with Gasteiger partial charge in [-0.15, -0.1) is 0 Å². The van der Waals surface area contributed by atoms with Gasteiger partial charge in [-0.05, 0) is 62.7 Å². The molecule has 1 atom stereocenters. The summed E-state index contributed by atoms with van der Waals surface area (Å²) in [6.07, 6.45) is -1.12. The van der Waals surface area contributed by atoms with Gasteiger partial charge in [0.05, 0.1) is 13.0 Å². The zero-order valence-corrected chi connectivity index (χ0v) is 17.4. The van der Waals surface area contributed by atoms with E-state index in [-0.39, 0.29) is 18.6 Å². The van der Waals surface area contributed by atoms with Crippen molar-refractivity contribution < 1.29 is 23.9 Å². The number of ketones is 1. The number of anilines is 1. The minimum atomic E-state index is -0.999. The minimum absolute atomic E-state index is 0.00540. The van der Waals surface area contributed by atoms with Crippen LogP contribution in [0.4, 0.5) is 5.69 Å². The second-order valence-corrected chi connectivity index (χ2v) is 6.90. The Morgan fingerprint density at radius 3 is 2.41 bits per heavy atom. The van der Waals surface area contributed by atoms with Crippen LogP contribution < -0.4 is 10.1 Å². The van der Waals surface area contributed by atoms with Crippen LogP contribution in [-0.2, 0) is 14.3 Å². The lowest BCUT2D eigenvalue weighted by Gasteiger charge is -2.15. The van der Waals surface area contributed by atoms with Gasteiger partial charge in [-0.3, -0.25) is 14.4 Å². The standard InChI is InChI=1S/C22H24ClNO5/c1-4-28-18-9-6-16(7-10-18)20(25)11-12-21(26)29-15(3)22(27)24-19-13-17(23)8-5-14(19)2/h5-10,13,15H,4,11-12H2,1-3H3,(H,24,27). The number of esters is 1. The van der Waals surface area contributed by atoms with Crippen LogP contribution in [0.3, 0.4) is 0 Å². The monoisotopic (exact) mass is 417 g/mol. The van der Waals surface area contributed by atoms with E-state index in [2.05, 4.69) is 5.32 Å². The average Bonchev–Trinajstić information content (AvgIpc) is 2.69. The lowest BCUT2D eigenvalue weighted by atomic mass is 10.1. The van der Waals surface area contributed by atoms with Crippen molar-refractivity contribution in [2.24, 2.45) is 0 Å². The van der Waals surface area contributed by atoms with E-state index in [4.69, 9.17) is 21.1 Å². The number of aryl methyl sites for hydroxylation is 1. The van der Waals surface area contributed by atoms with Gasteiger partial charge in [0.25, 0.3) is 5.91 Å². The number of amides is 1. The van der Waals surface area contributed by atoms with Gasteiger partial charge in [-0.1, -0.05) is 17.7 Å². The Hall–Kier alpha value is -2.86. The third kappa shape index (κ3) is 6.91. The fraction of sp³-hybridized carbons (Fsp3) is 0.318. The number of hydrogen-bond donors (Lipinski definition) is 1. The van der Waals surface area contributed by atoms with Gasteiger partial charge in [0.2, 0.25) is 0 Å². The van der Waals surface area contributed by atoms with Crippen LogP contribution in [0.5, 0.6) is 5.75 Å². The van der Waals surface area contributed by atoms with Gasteiger partial charge < -0.3 is 14.8 Å². The topological polar surface area (TPSA) is 81.7 Å². The third-order valence-corrected chi connectivity index (χ3v) is 4.41. The van der Waals surface area contributed by atoms with E-state index in [0.717, 1.165) is 5.56 Å². The molecular formula is C22H24ClNO5. The first kappa shape index (κ1) is 22.4. The summed E-state index contributed by atoms with van der Waals surface area (Å²) in [5.41, 5.74) is 1.88. The molecule has 0 aromatic heterocycles. The lowest BCUT2D eigenvalue weighted by Crippen LogP contribution is -2.30. The number of Topliss-reactive ketones (excluding diaryl/α,β-unsaturated/α-hetero) is 1. The predicted octanol–water partition coefficient (Wildman–Crippen LogP) is 4.58. The molecule has 7 heteroatoms. The van der Waals surface area contributed by atoms with E-state index in [1.807, 2.05) is 13.8 Å². The number of carbonyl (C=O) groups excluding carboxylic acids is 3. The molecule has 0 fully saturated rings. The Morgan fingerprint density at radius 2 is 1.76 bits per heavy atom. The van der Waals surface area contributed by atoms with E-state index >= 15 is 0 Å². The largest absolute Gasteiger partial charge is 0.494 e. The molecule has 6 nitrogen and oxygen atoms in total. The zero-order chi connectivity index (χ0) is 21.4. The summed E-state index contributed by atoms with van der Waals surface area (Å²) in [5, 5.41) is 3.17. The van der Waals surface area contributed by atoms with Crippen LogP contribution >= 0.6 is 11.6 Å². The lowest BCUT2D eigenvalue weighted by molar-refractivity contribution is -0.153. The molecule has 2 rings (SSSR count). The first-order valence-corrected chi connectivity index (χ1v) is 9.70. The Labute approximate surface area is 175 Å². The smallest absolute Gasteiger partial charge is 0.307 e. The van der Waals surface area contributed by atoms with Crippen LogP contribution in [0.1, 0.15) is 42.6 Å². The maximum atomic E-state index is 12.2. The normalized spacial score (nSPS) is 11.4. The highest BCUT2D eigenvalue weighted by molar-refractivity contribution is 6.31. The second kappa shape index (κ2) is 10.6. The van der Waals surface area contributed by atoms with Crippen molar-refractivity contribution in [2.45, 2.75) is 39.7 Å². The summed E-state index contributed by atoms with van der Waals surface area (Å²) in [6, 6.07) is 11.8. The fourth-order valence-electron chi connectivity index (χ4n) is 2.54. The zero-order valence-electron chi connectivity index (χ0n) is 16.7. The van der Waals surface area contributed by atoms with E-state index < -0.39 is 18.0 Å². The number of rotatable bonds is 9. The molecule has 0 aliphatic carbocycles. The van der Waals surface area contributed by atoms with Crippen molar-refractivity contribution in [1.82, 2.24) is 0 Å². The minimum Gasteiger partial charge on any atom is -0.494 e. The molecule has 29 heavy (non-hydrogen) atoms. The molecule has 2 aromatic carbocycles. The molecule has 1 N–H and O–H groups in total. The molecule has 0 saturated heterocycles. The van der Waals surface area contributed by atoms with Crippen LogP contribution in [0.2, 0.25) is 5.02 Å². The number of benzene rings is 2. The summed E-state index contributed by atoms with van der Waals surface area (Å²) in [5.74, 6) is -0.591. The summed E-state index contributed by atoms with van der Waals surface area (Å²) < 4.78 is 10.5. The average molecular weight is 418 g/mol. The first-order valence-electron chi connectivity index (χ1n) is 9.32. The van der Waals surface area contributed by atoms with Crippen LogP contribution in [-0.4, -0.2) is 30.4 Å². The van der Waals surface area contributed by atoms with Gasteiger partial charge >= 0.3 is 5.97 Å². The van der Waals surface area contributed by atoms with Gasteiger partial charge in [0.1, 0.15) is 5.75 Å².